The van der Waals surface area contributed by atoms with Gasteiger partial charge in [-0.3, -0.25) is 4.99 Å². The zero-order chi connectivity index (χ0) is 15.2. The third-order valence-electron chi connectivity index (χ3n) is 3.86. The van der Waals surface area contributed by atoms with Crippen LogP contribution in [0.4, 0.5) is 0 Å². The molecular weight excluding hydrogens is 421 g/mol. The number of benzene rings is 1. The summed E-state index contributed by atoms with van der Waals surface area (Å²) in [6.07, 6.45) is 1.03. The first-order valence-electron chi connectivity index (χ1n) is 7.54. The van der Waals surface area contributed by atoms with Crippen molar-refractivity contribution in [2.24, 2.45) is 4.99 Å². The van der Waals surface area contributed by atoms with Crippen LogP contribution in [0, 0.1) is 0 Å². The van der Waals surface area contributed by atoms with E-state index in [0.717, 1.165) is 37.8 Å². The highest BCUT2D eigenvalue weighted by Crippen LogP contribution is 2.32. The van der Waals surface area contributed by atoms with Crippen LogP contribution in [-0.2, 0) is 6.54 Å². The smallest absolute Gasteiger partial charge is 0.191 e. The standard InChI is InChI=1S/C17H21N3OS.HI/c1-18-17(19-10-13-7-9-22-12-13)20-11-14-6-8-21-16-5-3-2-4-15(14)16;/h2-5,7,9,12,14H,6,8,10-11H2,1H3,(H2,18,19,20);1H. The second-order valence-electron chi connectivity index (χ2n) is 5.31. The highest BCUT2D eigenvalue weighted by molar-refractivity contribution is 14.0. The van der Waals surface area contributed by atoms with Gasteiger partial charge in [-0.2, -0.15) is 11.3 Å². The Bertz CT molecular complexity index is 631. The summed E-state index contributed by atoms with van der Waals surface area (Å²) < 4.78 is 5.71. The number of nitrogens with zero attached hydrogens (tertiary/aromatic N) is 1. The lowest BCUT2D eigenvalue weighted by atomic mass is 9.93. The van der Waals surface area contributed by atoms with Crippen molar-refractivity contribution < 1.29 is 4.74 Å². The van der Waals surface area contributed by atoms with Crippen molar-refractivity contribution in [1.29, 1.82) is 0 Å². The minimum Gasteiger partial charge on any atom is -0.493 e. The molecule has 2 heterocycles. The van der Waals surface area contributed by atoms with Gasteiger partial charge >= 0.3 is 0 Å². The fraction of sp³-hybridized carbons (Fsp3) is 0.353. The third-order valence-corrected chi connectivity index (χ3v) is 4.59. The van der Waals surface area contributed by atoms with Crippen molar-refractivity contribution in [1.82, 2.24) is 10.6 Å². The van der Waals surface area contributed by atoms with E-state index in [0.29, 0.717) is 5.92 Å². The molecule has 0 fully saturated rings. The van der Waals surface area contributed by atoms with Gasteiger partial charge in [-0.1, -0.05) is 18.2 Å². The normalized spacial score (nSPS) is 16.7. The number of nitrogens with one attached hydrogen (secondary N) is 2. The van der Waals surface area contributed by atoms with E-state index in [4.69, 9.17) is 4.74 Å². The molecule has 124 valence electrons. The summed E-state index contributed by atoms with van der Waals surface area (Å²) in [6.45, 7) is 2.45. The van der Waals surface area contributed by atoms with Crippen LogP contribution in [0.15, 0.2) is 46.1 Å². The molecule has 1 atom stereocenters. The monoisotopic (exact) mass is 443 g/mol. The molecule has 1 aromatic carbocycles. The molecule has 0 spiro atoms. The minimum atomic E-state index is 0. The fourth-order valence-corrected chi connectivity index (χ4v) is 3.32. The van der Waals surface area contributed by atoms with Crippen molar-refractivity contribution in [3.05, 3.63) is 52.2 Å². The Morgan fingerprint density at radius 1 is 1.30 bits per heavy atom. The lowest BCUT2D eigenvalue weighted by molar-refractivity contribution is 0.267. The van der Waals surface area contributed by atoms with Gasteiger partial charge in [0.25, 0.3) is 0 Å². The van der Waals surface area contributed by atoms with Gasteiger partial charge in [0.2, 0.25) is 0 Å². The number of hydrogen-bond acceptors (Lipinski definition) is 3. The molecule has 0 saturated carbocycles. The van der Waals surface area contributed by atoms with Gasteiger partial charge in [-0.15, -0.1) is 24.0 Å². The summed E-state index contributed by atoms with van der Waals surface area (Å²) in [7, 11) is 1.81. The number of thiophene rings is 1. The summed E-state index contributed by atoms with van der Waals surface area (Å²) in [5, 5.41) is 11.0. The van der Waals surface area contributed by atoms with Crippen molar-refractivity contribution >= 4 is 41.3 Å². The van der Waals surface area contributed by atoms with Gasteiger partial charge in [0.1, 0.15) is 5.75 Å². The predicted molar refractivity (Wildman–Crippen MR) is 107 cm³/mol. The van der Waals surface area contributed by atoms with Crippen LogP contribution in [0.25, 0.3) is 0 Å². The number of hydrogen-bond donors (Lipinski definition) is 2. The number of rotatable bonds is 4. The molecule has 1 aliphatic rings. The SMILES string of the molecule is CN=C(NCc1ccsc1)NCC1CCOc2ccccc21.I. The Morgan fingerprint density at radius 2 is 2.17 bits per heavy atom. The zero-order valence-corrected chi connectivity index (χ0v) is 16.3. The lowest BCUT2D eigenvalue weighted by Crippen LogP contribution is -2.39. The van der Waals surface area contributed by atoms with Crippen LogP contribution in [0.2, 0.25) is 0 Å². The highest BCUT2D eigenvalue weighted by Gasteiger charge is 2.20. The molecule has 0 saturated heterocycles. The number of aliphatic imine (C=N–C) groups is 1. The average molecular weight is 443 g/mol. The number of ether oxygens (including phenoxy) is 1. The Labute approximate surface area is 158 Å². The van der Waals surface area contributed by atoms with Crippen molar-refractivity contribution in [3.8, 4) is 5.75 Å². The van der Waals surface area contributed by atoms with Crippen LogP contribution in [-0.4, -0.2) is 26.2 Å². The molecule has 1 aliphatic heterocycles. The largest absolute Gasteiger partial charge is 0.493 e. The quantitative estimate of drug-likeness (QED) is 0.431. The van der Waals surface area contributed by atoms with E-state index in [2.05, 4.69) is 44.6 Å². The van der Waals surface area contributed by atoms with Gasteiger partial charge in [-0.25, -0.2) is 0 Å². The van der Waals surface area contributed by atoms with E-state index in [-0.39, 0.29) is 24.0 Å². The molecule has 0 bridgehead atoms. The van der Waals surface area contributed by atoms with Crippen LogP contribution >= 0.6 is 35.3 Å². The summed E-state index contributed by atoms with van der Waals surface area (Å²) in [6, 6.07) is 10.4. The van der Waals surface area contributed by atoms with E-state index in [1.807, 2.05) is 12.1 Å². The Morgan fingerprint density at radius 3 is 2.96 bits per heavy atom. The summed E-state index contributed by atoms with van der Waals surface area (Å²) >= 11 is 1.71. The maximum Gasteiger partial charge on any atom is 0.191 e. The van der Waals surface area contributed by atoms with E-state index < -0.39 is 0 Å². The Hall–Kier alpha value is -1.28. The molecule has 1 aromatic heterocycles. The van der Waals surface area contributed by atoms with Crippen LogP contribution in [0.3, 0.4) is 0 Å². The molecule has 2 aromatic rings. The fourth-order valence-electron chi connectivity index (χ4n) is 2.65. The van der Waals surface area contributed by atoms with Gasteiger partial charge in [0, 0.05) is 26.1 Å². The molecule has 3 rings (SSSR count). The molecule has 1 unspecified atom stereocenters. The zero-order valence-electron chi connectivity index (χ0n) is 13.1. The van der Waals surface area contributed by atoms with E-state index in [9.17, 15) is 0 Å². The first-order valence-corrected chi connectivity index (χ1v) is 8.48. The van der Waals surface area contributed by atoms with Crippen LogP contribution in [0.1, 0.15) is 23.5 Å². The van der Waals surface area contributed by atoms with E-state index >= 15 is 0 Å². The van der Waals surface area contributed by atoms with Gasteiger partial charge in [0.15, 0.2) is 5.96 Å². The second-order valence-corrected chi connectivity index (χ2v) is 6.09. The number of fused-ring (bicyclic) bond motifs is 1. The van der Waals surface area contributed by atoms with Crippen molar-refractivity contribution in [2.75, 3.05) is 20.2 Å². The number of guanidine groups is 1. The number of para-hydroxylation sites is 1. The molecular formula is C17H22IN3OS. The van der Waals surface area contributed by atoms with Crippen LogP contribution < -0.4 is 15.4 Å². The molecule has 6 heteroatoms. The summed E-state index contributed by atoms with van der Waals surface area (Å²) in [4.78, 5) is 4.29. The molecule has 0 radical (unpaired) electrons. The van der Waals surface area contributed by atoms with Gasteiger partial charge in [0.05, 0.1) is 6.61 Å². The van der Waals surface area contributed by atoms with Crippen molar-refractivity contribution in [2.45, 2.75) is 18.9 Å². The maximum absolute atomic E-state index is 5.71. The Balaban J connectivity index is 0.00000192. The summed E-state index contributed by atoms with van der Waals surface area (Å²) in [5.74, 6) is 2.32. The topological polar surface area (TPSA) is 45.7 Å². The number of halogens is 1. The molecule has 2 N–H and O–H groups in total. The molecule has 23 heavy (non-hydrogen) atoms. The average Bonchev–Trinajstić information content (AvgIpc) is 3.08. The predicted octanol–water partition coefficient (Wildman–Crippen LogP) is 3.60. The van der Waals surface area contributed by atoms with Gasteiger partial charge in [-0.05, 0) is 40.4 Å². The van der Waals surface area contributed by atoms with E-state index in [1.54, 1.807) is 18.4 Å². The van der Waals surface area contributed by atoms with Gasteiger partial charge < -0.3 is 15.4 Å². The maximum atomic E-state index is 5.71. The molecule has 0 amide bonds. The van der Waals surface area contributed by atoms with Crippen molar-refractivity contribution in [3.63, 3.8) is 0 Å². The minimum absolute atomic E-state index is 0. The lowest BCUT2D eigenvalue weighted by Gasteiger charge is -2.26. The third kappa shape index (κ3) is 4.84. The molecule has 4 nitrogen and oxygen atoms in total. The van der Waals surface area contributed by atoms with E-state index in [1.165, 1.54) is 11.1 Å². The highest BCUT2D eigenvalue weighted by atomic mass is 127. The first kappa shape index (κ1) is 18.1. The van der Waals surface area contributed by atoms with Crippen LogP contribution in [0.5, 0.6) is 5.75 Å². The Kier molecular flexibility index (Phi) is 7.16. The molecule has 0 aliphatic carbocycles. The summed E-state index contributed by atoms with van der Waals surface area (Å²) in [5.41, 5.74) is 2.57. The second kappa shape index (κ2) is 9.12. The first-order chi connectivity index (χ1) is 10.9.